The van der Waals surface area contributed by atoms with Gasteiger partial charge in [0.2, 0.25) is 0 Å². The van der Waals surface area contributed by atoms with E-state index in [1.165, 1.54) is 10.4 Å². The van der Waals surface area contributed by atoms with Gasteiger partial charge in [-0.2, -0.15) is 0 Å². The Morgan fingerprint density at radius 2 is 2.21 bits per heavy atom. The highest BCUT2D eigenvalue weighted by Gasteiger charge is 2.12. The predicted octanol–water partition coefficient (Wildman–Crippen LogP) is 5.29. The van der Waals surface area contributed by atoms with E-state index in [1.54, 1.807) is 0 Å². The third-order valence-electron chi connectivity index (χ3n) is 3.06. The lowest BCUT2D eigenvalue weighted by Crippen LogP contribution is -2.21. The third-order valence-corrected chi connectivity index (χ3v) is 5.56. The number of benzene rings is 1. The van der Waals surface area contributed by atoms with Crippen LogP contribution in [0.2, 0.25) is 5.02 Å². The highest BCUT2D eigenvalue weighted by atomic mass is 127. The second kappa shape index (κ2) is 7.62. The largest absolute Gasteiger partial charge is 0.310 e. The van der Waals surface area contributed by atoms with Crippen LogP contribution in [0, 0.1) is 3.57 Å². The number of thiophene rings is 1. The summed E-state index contributed by atoms with van der Waals surface area (Å²) in [4.78, 5) is 1.44. The summed E-state index contributed by atoms with van der Waals surface area (Å²) >= 11 is 10.3. The van der Waals surface area contributed by atoms with Crippen LogP contribution in [0.25, 0.3) is 0 Å². The first-order valence-electron chi connectivity index (χ1n) is 6.41. The van der Waals surface area contributed by atoms with Crippen molar-refractivity contribution in [3.8, 4) is 0 Å². The Kier molecular flexibility index (Phi) is 6.13. The number of halogens is 2. The summed E-state index contributed by atoms with van der Waals surface area (Å²) in [7, 11) is 0. The molecule has 1 N–H and O–H groups in total. The number of rotatable bonds is 6. The molecule has 0 aliphatic heterocycles. The summed E-state index contributed by atoms with van der Waals surface area (Å²) in [6, 6.07) is 11.0. The van der Waals surface area contributed by atoms with E-state index in [4.69, 9.17) is 11.6 Å². The maximum Gasteiger partial charge on any atom is 0.0542 e. The molecule has 2 rings (SSSR count). The van der Waals surface area contributed by atoms with Gasteiger partial charge in [0.1, 0.15) is 0 Å². The number of aryl methyl sites for hydroxylation is 1. The first-order valence-corrected chi connectivity index (χ1v) is 8.75. The molecule has 1 aromatic heterocycles. The fourth-order valence-corrected chi connectivity index (χ4v) is 3.35. The van der Waals surface area contributed by atoms with Gasteiger partial charge < -0.3 is 5.32 Å². The van der Waals surface area contributed by atoms with Crippen molar-refractivity contribution in [1.82, 2.24) is 5.32 Å². The van der Waals surface area contributed by atoms with Crippen molar-refractivity contribution in [2.45, 2.75) is 25.8 Å². The average molecular weight is 406 g/mol. The van der Waals surface area contributed by atoms with Gasteiger partial charge in [-0.15, -0.1) is 11.3 Å². The van der Waals surface area contributed by atoms with Crippen molar-refractivity contribution >= 4 is 45.5 Å². The van der Waals surface area contributed by atoms with Crippen LogP contribution in [0.15, 0.2) is 35.7 Å². The quantitative estimate of drug-likeness (QED) is 0.644. The van der Waals surface area contributed by atoms with Gasteiger partial charge in [0.05, 0.1) is 5.02 Å². The lowest BCUT2D eigenvalue weighted by atomic mass is 10.0. The Hall–Kier alpha value is -0.100. The summed E-state index contributed by atoms with van der Waals surface area (Å²) in [6.07, 6.45) is 2.21. The van der Waals surface area contributed by atoms with Crippen molar-refractivity contribution in [2.75, 3.05) is 6.54 Å². The maximum atomic E-state index is 6.22. The minimum atomic E-state index is 0.376. The van der Waals surface area contributed by atoms with Crippen molar-refractivity contribution in [3.05, 3.63) is 54.7 Å². The minimum Gasteiger partial charge on any atom is -0.310 e. The van der Waals surface area contributed by atoms with Crippen LogP contribution in [-0.4, -0.2) is 6.54 Å². The molecule has 102 valence electrons. The Bertz CT molecular complexity index is 513. The first kappa shape index (κ1) is 15.3. The van der Waals surface area contributed by atoms with E-state index in [9.17, 15) is 0 Å². The number of hydrogen-bond donors (Lipinski definition) is 1. The minimum absolute atomic E-state index is 0.376. The van der Waals surface area contributed by atoms with Gasteiger partial charge >= 0.3 is 0 Å². The SMILES string of the molecule is CCNC(CCc1cccs1)c1ccc(I)c(Cl)c1. The second-order valence-electron chi connectivity index (χ2n) is 4.40. The third kappa shape index (κ3) is 4.45. The zero-order valence-electron chi connectivity index (χ0n) is 10.8. The van der Waals surface area contributed by atoms with Gasteiger partial charge in [0.25, 0.3) is 0 Å². The van der Waals surface area contributed by atoms with Crippen LogP contribution in [0.4, 0.5) is 0 Å². The van der Waals surface area contributed by atoms with E-state index in [0.29, 0.717) is 6.04 Å². The van der Waals surface area contributed by atoms with E-state index in [0.717, 1.165) is 28.0 Å². The van der Waals surface area contributed by atoms with Crippen molar-refractivity contribution < 1.29 is 0 Å². The molecule has 1 aromatic carbocycles. The van der Waals surface area contributed by atoms with Gasteiger partial charge in [-0.3, -0.25) is 0 Å². The van der Waals surface area contributed by atoms with Crippen molar-refractivity contribution in [3.63, 3.8) is 0 Å². The van der Waals surface area contributed by atoms with Gasteiger partial charge in [-0.05, 0) is 71.1 Å². The Labute approximate surface area is 137 Å². The maximum absolute atomic E-state index is 6.22. The van der Waals surface area contributed by atoms with Gasteiger partial charge in [0.15, 0.2) is 0 Å². The van der Waals surface area contributed by atoms with Gasteiger partial charge in [-0.1, -0.05) is 30.7 Å². The van der Waals surface area contributed by atoms with Gasteiger partial charge in [0, 0.05) is 14.5 Å². The molecule has 0 fully saturated rings. The molecule has 0 amide bonds. The standard InChI is InChI=1S/C15H17ClINS/c1-2-18-15(8-6-12-4-3-9-19-12)11-5-7-14(17)13(16)10-11/h3-5,7,9-10,15,18H,2,6,8H2,1H3. The van der Waals surface area contributed by atoms with E-state index in [-0.39, 0.29) is 0 Å². The molecule has 0 saturated heterocycles. The first-order chi connectivity index (χ1) is 9.20. The lowest BCUT2D eigenvalue weighted by molar-refractivity contribution is 0.517. The Balaban J connectivity index is 2.07. The summed E-state index contributed by atoms with van der Waals surface area (Å²) < 4.78 is 1.11. The average Bonchev–Trinajstić information content (AvgIpc) is 2.91. The summed E-state index contributed by atoms with van der Waals surface area (Å²) in [6.45, 7) is 3.12. The van der Waals surface area contributed by atoms with E-state index >= 15 is 0 Å². The molecular weight excluding hydrogens is 389 g/mol. The summed E-state index contributed by atoms with van der Waals surface area (Å²) in [5, 5.41) is 6.53. The molecule has 2 aromatic rings. The second-order valence-corrected chi connectivity index (χ2v) is 7.00. The van der Waals surface area contributed by atoms with Crippen LogP contribution < -0.4 is 5.32 Å². The normalized spacial score (nSPS) is 12.6. The molecule has 0 bridgehead atoms. The van der Waals surface area contributed by atoms with E-state index in [1.807, 2.05) is 11.3 Å². The molecule has 0 radical (unpaired) electrons. The number of hydrogen-bond acceptors (Lipinski definition) is 2. The molecule has 0 saturated carbocycles. The highest BCUT2D eigenvalue weighted by Crippen LogP contribution is 2.26. The fourth-order valence-electron chi connectivity index (χ4n) is 2.10. The predicted molar refractivity (Wildman–Crippen MR) is 93.2 cm³/mol. The van der Waals surface area contributed by atoms with E-state index < -0.39 is 0 Å². The highest BCUT2D eigenvalue weighted by molar-refractivity contribution is 14.1. The van der Waals surface area contributed by atoms with Crippen LogP contribution in [0.1, 0.15) is 29.8 Å². The Morgan fingerprint density at radius 1 is 1.37 bits per heavy atom. The van der Waals surface area contributed by atoms with E-state index in [2.05, 4.69) is 70.5 Å². The monoisotopic (exact) mass is 405 g/mol. The molecule has 1 heterocycles. The Morgan fingerprint density at radius 3 is 2.84 bits per heavy atom. The smallest absolute Gasteiger partial charge is 0.0542 e. The van der Waals surface area contributed by atoms with Crippen LogP contribution in [0.3, 0.4) is 0 Å². The summed E-state index contributed by atoms with van der Waals surface area (Å²) in [5.41, 5.74) is 1.28. The van der Waals surface area contributed by atoms with Gasteiger partial charge in [-0.25, -0.2) is 0 Å². The lowest BCUT2D eigenvalue weighted by Gasteiger charge is -2.18. The van der Waals surface area contributed by atoms with Crippen molar-refractivity contribution in [1.29, 1.82) is 0 Å². The molecule has 4 heteroatoms. The molecule has 1 unspecified atom stereocenters. The molecular formula is C15H17ClINS. The molecule has 0 aliphatic carbocycles. The fraction of sp³-hybridized carbons (Fsp3) is 0.333. The topological polar surface area (TPSA) is 12.0 Å². The molecule has 19 heavy (non-hydrogen) atoms. The van der Waals surface area contributed by atoms with Crippen molar-refractivity contribution in [2.24, 2.45) is 0 Å². The molecule has 0 spiro atoms. The van der Waals surface area contributed by atoms with Crippen LogP contribution >= 0.6 is 45.5 Å². The molecule has 0 aliphatic rings. The zero-order chi connectivity index (χ0) is 13.7. The molecule has 1 nitrogen and oxygen atoms in total. The number of nitrogens with one attached hydrogen (secondary N) is 1. The zero-order valence-corrected chi connectivity index (χ0v) is 14.6. The summed E-state index contributed by atoms with van der Waals surface area (Å²) in [5.74, 6) is 0. The molecule has 1 atom stereocenters. The van der Waals surface area contributed by atoms with Crippen LogP contribution in [-0.2, 0) is 6.42 Å². The van der Waals surface area contributed by atoms with Crippen LogP contribution in [0.5, 0.6) is 0 Å².